The van der Waals surface area contributed by atoms with Gasteiger partial charge in [-0.3, -0.25) is 4.90 Å². The minimum absolute atomic E-state index is 0.766. The van der Waals surface area contributed by atoms with Gasteiger partial charge in [0.1, 0.15) is 17.3 Å². The summed E-state index contributed by atoms with van der Waals surface area (Å²) in [5, 5.41) is 0. The van der Waals surface area contributed by atoms with Crippen LogP contribution >= 0.6 is 0 Å². The number of hydrogen-bond acceptors (Lipinski definition) is 6. The number of hydrogen-bond donors (Lipinski definition) is 0. The Labute approximate surface area is 203 Å². The Morgan fingerprint density at radius 1 is 0.735 bits per heavy atom. The molecule has 4 rings (SSSR count). The van der Waals surface area contributed by atoms with E-state index in [1.54, 1.807) is 14.2 Å². The Bertz CT molecular complexity index is 966. The van der Waals surface area contributed by atoms with Crippen molar-refractivity contribution in [3.8, 4) is 11.5 Å². The highest BCUT2D eigenvalue weighted by Gasteiger charge is 2.17. The van der Waals surface area contributed by atoms with E-state index >= 15 is 0 Å². The molecule has 0 spiro atoms. The molecule has 1 aromatic heterocycles. The molecule has 0 saturated carbocycles. The first kappa shape index (κ1) is 24.0. The first-order valence-electron chi connectivity index (χ1n) is 12.1. The zero-order valence-corrected chi connectivity index (χ0v) is 20.6. The van der Waals surface area contributed by atoms with E-state index in [1.807, 2.05) is 24.3 Å². The highest BCUT2D eigenvalue weighted by molar-refractivity contribution is 5.43. The fraction of sp³-hybridized carbons (Fsp3) is 0.393. The van der Waals surface area contributed by atoms with E-state index in [0.717, 1.165) is 75.4 Å². The molecule has 1 fully saturated rings. The number of ether oxygens (including phenoxy) is 2. The predicted molar refractivity (Wildman–Crippen MR) is 138 cm³/mol. The van der Waals surface area contributed by atoms with Gasteiger partial charge in [-0.2, -0.15) is 0 Å². The van der Waals surface area contributed by atoms with Crippen LogP contribution in [0.5, 0.6) is 11.5 Å². The molecule has 0 bridgehead atoms. The van der Waals surface area contributed by atoms with E-state index in [2.05, 4.69) is 64.1 Å². The quantitative estimate of drug-likeness (QED) is 0.446. The highest BCUT2D eigenvalue weighted by atomic mass is 16.5. The molecular formula is C28H36N4O2. The van der Waals surface area contributed by atoms with Crippen LogP contribution < -0.4 is 14.4 Å². The molecular weight excluding hydrogens is 424 g/mol. The number of pyridine rings is 1. The number of aromatic nitrogens is 1. The maximum Gasteiger partial charge on any atom is 0.129 e. The average molecular weight is 461 g/mol. The van der Waals surface area contributed by atoms with E-state index in [9.17, 15) is 0 Å². The number of anilines is 1. The van der Waals surface area contributed by atoms with Gasteiger partial charge in [0.2, 0.25) is 0 Å². The number of methoxy groups -OCH3 is 2. The second-order valence-electron chi connectivity index (χ2n) is 8.75. The van der Waals surface area contributed by atoms with Crippen LogP contribution in [0, 0.1) is 0 Å². The Morgan fingerprint density at radius 2 is 1.26 bits per heavy atom. The first-order valence-corrected chi connectivity index (χ1v) is 12.1. The van der Waals surface area contributed by atoms with E-state index in [-0.39, 0.29) is 0 Å². The molecule has 0 amide bonds. The Kier molecular flexibility index (Phi) is 8.39. The second kappa shape index (κ2) is 11.9. The van der Waals surface area contributed by atoms with Crippen LogP contribution in [-0.2, 0) is 19.6 Å². The molecule has 0 radical (unpaired) electrons. The molecule has 1 aliphatic rings. The highest BCUT2D eigenvalue weighted by Crippen LogP contribution is 2.22. The molecule has 2 heterocycles. The SMILES string of the molecule is CCN1CCN(Cc2cccc(N(Cc3ccc(OC)cc3)Cc3ccc(OC)cc3)n2)CC1. The van der Waals surface area contributed by atoms with Gasteiger partial charge in [0.15, 0.2) is 0 Å². The molecule has 1 saturated heterocycles. The third kappa shape index (κ3) is 6.49. The van der Waals surface area contributed by atoms with Gasteiger partial charge < -0.3 is 19.3 Å². The van der Waals surface area contributed by atoms with Gasteiger partial charge in [-0.25, -0.2) is 4.98 Å². The van der Waals surface area contributed by atoms with Crippen LogP contribution in [0.3, 0.4) is 0 Å². The van der Waals surface area contributed by atoms with Crippen LogP contribution in [0.4, 0.5) is 5.82 Å². The standard InChI is InChI=1S/C28H36N4O2/c1-4-30-16-18-31(19-17-30)22-25-6-5-7-28(29-25)32(20-23-8-12-26(33-2)13-9-23)21-24-10-14-27(34-3)15-11-24/h5-15H,4,16-22H2,1-3H3. The molecule has 6 heteroatoms. The van der Waals surface area contributed by atoms with E-state index in [4.69, 9.17) is 14.5 Å². The number of nitrogens with zero attached hydrogens (tertiary/aromatic N) is 4. The largest absolute Gasteiger partial charge is 0.497 e. The topological polar surface area (TPSA) is 41.1 Å². The lowest BCUT2D eigenvalue weighted by atomic mass is 10.1. The summed E-state index contributed by atoms with van der Waals surface area (Å²) < 4.78 is 10.7. The molecule has 0 atom stereocenters. The summed E-state index contributed by atoms with van der Waals surface area (Å²) in [7, 11) is 3.39. The summed E-state index contributed by atoms with van der Waals surface area (Å²) >= 11 is 0. The molecule has 6 nitrogen and oxygen atoms in total. The summed E-state index contributed by atoms with van der Waals surface area (Å²) in [5.41, 5.74) is 3.56. The number of benzene rings is 2. The van der Waals surface area contributed by atoms with Gasteiger partial charge in [-0.15, -0.1) is 0 Å². The van der Waals surface area contributed by atoms with Crippen molar-refractivity contribution >= 4 is 5.82 Å². The van der Waals surface area contributed by atoms with Crippen molar-refractivity contribution in [3.63, 3.8) is 0 Å². The van der Waals surface area contributed by atoms with Gasteiger partial charge in [-0.05, 0) is 54.1 Å². The summed E-state index contributed by atoms with van der Waals surface area (Å²) in [5.74, 6) is 2.74. The second-order valence-corrected chi connectivity index (χ2v) is 8.75. The molecule has 2 aromatic carbocycles. The Morgan fingerprint density at radius 3 is 1.76 bits per heavy atom. The van der Waals surface area contributed by atoms with Gasteiger partial charge in [0, 0.05) is 45.8 Å². The normalized spacial score (nSPS) is 14.7. The molecule has 180 valence electrons. The van der Waals surface area contributed by atoms with Crippen LogP contribution in [-0.4, -0.2) is 61.7 Å². The van der Waals surface area contributed by atoms with Crippen molar-refractivity contribution in [1.29, 1.82) is 0 Å². The Balaban J connectivity index is 1.52. The fourth-order valence-electron chi connectivity index (χ4n) is 4.34. The van der Waals surface area contributed by atoms with Crippen molar-refractivity contribution < 1.29 is 9.47 Å². The molecule has 0 unspecified atom stereocenters. The fourth-order valence-corrected chi connectivity index (χ4v) is 4.34. The third-order valence-corrected chi connectivity index (χ3v) is 6.48. The molecule has 0 aliphatic carbocycles. The lowest BCUT2D eigenvalue weighted by molar-refractivity contribution is 0.131. The molecule has 0 N–H and O–H groups in total. The summed E-state index contributed by atoms with van der Waals surface area (Å²) in [6.07, 6.45) is 0. The van der Waals surface area contributed by atoms with Crippen molar-refractivity contribution in [2.45, 2.75) is 26.6 Å². The average Bonchev–Trinajstić information content (AvgIpc) is 2.90. The van der Waals surface area contributed by atoms with Gasteiger partial charge in [0.25, 0.3) is 0 Å². The predicted octanol–water partition coefficient (Wildman–Crippen LogP) is 4.44. The third-order valence-electron chi connectivity index (χ3n) is 6.48. The zero-order chi connectivity index (χ0) is 23.8. The molecule has 1 aliphatic heterocycles. The number of likely N-dealkylation sites (N-methyl/N-ethyl adjacent to an activating group) is 1. The zero-order valence-electron chi connectivity index (χ0n) is 20.6. The van der Waals surface area contributed by atoms with Crippen molar-refractivity contribution in [1.82, 2.24) is 14.8 Å². The van der Waals surface area contributed by atoms with E-state index < -0.39 is 0 Å². The van der Waals surface area contributed by atoms with Crippen molar-refractivity contribution in [2.75, 3.05) is 51.8 Å². The maximum absolute atomic E-state index is 5.33. The first-order chi connectivity index (χ1) is 16.7. The van der Waals surface area contributed by atoms with E-state index in [0.29, 0.717) is 0 Å². The number of rotatable bonds is 10. The summed E-state index contributed by atoms with van der Waals surface area (Å²) in [6.45, 7) is 10.3. The minimum Gasteiger partial charge on any atom is -0.497 e. The van der Waals surface area contributed by atoms with Gasteiger partial charge >= 0.3 is 0 Å². The lowest BCUT2D eigenvalue weighted by Crippen LogP contribution is -2.45. The van der Waals surface area contributed by atoms with Gasteiger partial charge in [-0.1, -0.05) is 37.3 Å². The minimum atomic E-state index is 0.766. The summed E-state index contributed by atoms with van der Waals surface area (Å²) in [4.78, 5) is 12.4. The van der Waals surface area contributed by atoms with Crippen LogP contribution in [0.25, 0.3) is 0 Å². The summed E-state index contributed by atoms with van der Waals surface area (Å²) in [6, 6.07) is 22.9. The smallest absolute Gasteiger partial charge is 0.129 e. The lowest BCUT2D eigenvalue weighted by Gasteiger charge is -2.34. The van der Waals surface area contributed by atoms with Gasteiger partial charge in [0.05, 0.1) is 19.9 Å². The molecule has 34 heavy (non-hydrogen) atoms. The van der Waals surface area contributed by atoms with Crippen LogP contribution in [0.1, 0.15) is 23.7 Å². The maximum atomic E-state index is 5.33. The number of piperazine rings is 1. The van der Waals surface area contributed by atoms with Crippen molar-refractivity contribution in [2.24, 2.45) is 0 Å². The van der Waals surface area contributed by atoms with Crippen LogP contribution in [0.2, 0.25) is 0 Å². The van der Waals surface area contributed by atoms with Crippen LogP contribution in [0.15, 0.2) is 66.7 Å². The van der Waals surface area contributed by atoms with E-state index in [1.165, 1.54) is 11.1 Å². The van der Waals surface area contributed by atoms with Crippen molar-refractivity contribution in [3.05, 3.63) is 83.6 Å². The molecule has 3 aromatic rings. The monoisotopic (exact) mass is 460 g/mol. The Hall–Kier alpha value is -3.09.